The van der Waals surface area contributed by atoms with E-state index < -0.39 is 11.9 Å². The van der Waals surface area contributed by atoms with Gasteiger partial charge in [-0.15, -0.1) is 0 Å². The SMILES string of the molecule is CC(=O)c1cc(C#CC(C)(C)C)cc(C(C)(C)C)c1.CC(=O)c1cc(C(C)(C)C)cc(C(C)(C)C)c1.CC(C)(C)C#CC(C)(C)C.CC(C)(C)c1cc(OCC(=O)O)cc(C(C)(C)C)c1.CC(C)(C)c1ccc(C#Cc2ccc(C(C)(C)C)c(C(=O)O)c2)cc1.CC(C)(C)c1ccc(C(C)(C)C)cc1. The van der Waals surface area contributed by atoms with Crippen LogP contribution < -0.4 is 4.74 Å². The fourth-order valence-corrected chi connectivity index (χ4v) is 9.48. The van der Waals surface area contributed by atoms with Crippen LogP contribution in [0.1, 0.15) is 361 Å². The Morgan fingerprint density at radius 3 is 0.875 bits per heavy atom. The normalized spacial score (nSPS) is 12.2. The van der Waals surface area contributed by atoms with Crippen molar-refractivity contribution >= 4 is 23.5 Å². The number of carbonyl (C=O) groups excluding carboxylic acids is 2. The van der Waals surface area contributed by atoms with E-state index >= 15 is 0 Å². The highest BCUT2D eigenvalue weighted by Gasteiger charge is 2.26. The molecule has 0 heterocycles. The van der Waals surface area contributed by atoms with E-state index in [0.717, 1.165) is 44.5 Å². The van der Waals surface area contributed by atoms with Crippen LogP contribution in [0.15, 0.2) is 121 Å². The second-order valence-corrected chi connectivity index (χ2v) is 40.1. The van der Waals surface area contributed by atoms with Crippen LogP contribution in [0.2, 0.25) is 0 Å². The van der Waals surface area contributed by atoms with Crippen LogP contribution in [-0.4, -0.2) is 40.3 Å². The lowest BCUT2D eigenvalue weighted by molar-refractivity contribution is -0.139. The summed E-state index contributed by atoms with van der Waals surface area (Å²) in [6, 6.07) is 40.9. The molecular weight excluding hydrogens is 1280 g/mol. The van der Waals surface area contributed by atoms with Gasteiger partial charge in [-0.25, -0.2) is 9.59 Å². The summed E-state index contributed by atoms with van der Waals surface area (Å²) >= 11 is 0. The van der Waals surface area contributed by atoms with Crippen molar-refractivity contribution in [2.24, 2.45) is 16.2 Å². The zero-order chi connectivity index (χ0) is 81.3. The van der Waals surface area contributed by atoms with Gasteiger partial charge in [0.25, 0.3) is 0 Å². The Morgan fingerprint density at radius 2 is 0.587 bits per heavy atom. The number of hydrogen-bond donors (Lipinski definition) is 2. The van der Waals surface area contributed by atoms with Crippen LogP contribution in [0.5, 0.6) is 5.75 Å². The first-order valence-electron chi connectivity index (χ1n) is 36.9. The molecule has 0 atom stereocenters. The smallest absolute Gasteiger partial charge is 0.341 e. The summed E-state index contributed by atoms with van der Waals surface area (Å²) in [5.74, 6) is 18.0. The molecule has 0 amide bonds. The minimum absolute atomic E-state index is 0.00257. The number of ketones is 2. The summed E-state index contributed by atoms with van der Waals surface area (Å²) in [6.45, 7) is 80.3. The van der Waals surface area contributed by atoms with Crippen molar-refractivity contribution in [2.75, 3.05) is 6.61 Å². The first kappa shape index (κ1) is 94.1. The molecular formula is C97H138O7. The molecule has 7 heteroatoms. The summed E-state index contributed by atoms with van der Waals surface area (Å²) in [5.41, 5.74) is 16.1. The molecule has 0 aromatic heterocycles. The molecule has 6 aromatic carbocycles. The lowest BCUT2D eigenvalue weighted by Crippen LogP contribution is -2.17. The summed E-state index contributed by atoms with van der Waals surface area (Å²) < 4.78 is 5.34. The minimum Gasteiger partial charge on any atom is -0.482 e. The third kappa shape index (κ3) is 36.2. The molecule has 6 rings (SSSR count). The lowest BCUT2D eigenvalue weighted by atomic mass is 9.79. The maximum atomic E-state index is 11.6. The molecule has 0 aliphatic carbocycles. The van der Waals surface area contributed by atoms with Gasteiger partial charge in [-0.2, -0.15) is 0 Å². The van der Waals surface area contributed by atoms with E-state index in [0.29, 0.717) is 16.9 Å². The molecule has 568 valence electrons. The average molecular weight is 1420 g/mol. The van der Waals surface area contributed by atoms with Crippen molar-refractivity contribution in [2.45, 2.75) is 312 Å². The summed E-state index contributed by atoms with van der Waals surface area (Å²) in [5, 5.41) is 18.2. The van der Waals surface area contributed by atoms with Crippen LogP contribution >= 0.6 is 0 Å². The average Bonchev–Trinajstić information content (AvgIpc) is 0.817. The monoisotopic (exact) mass is 1420 g/mol. The number of carbonyl (C=O) groups is 4. The van der Waals surface area contributed by atoms with Crippen molar-refractivity contribution in [3.05, 3.63) is 205 Å². The molecule has 0 aliphatic heterocycles. The standard InChI is InChI=1S/C23H26O2.C18H24O.C16H24O3.C16H24O.C14H22.C10H18/c1-22(2,3)18-12-9-16(10-13-18)7-8-17-11-14-20(23(4,5)6)19(15-17)21(24)25;1-13(19)15-10-14(8-9-17(2,3)4)11-16(12-15)18(5,6)7;1-15(2,3)11-7-12(16(4,5)6)9-13(8-11)19-10-14(17)18;1-11(17)12-8-13(15(2,3)4)10-14(9-12)16(5,6)7;1-13(2,3)11-7-9-12(10-8-11)14(4,5)6;1-9(2,3)7-8-10(4,5)6/h9-15H,1-6H3,(H,24,25);10-12H,1-7H3;7-9H,10H2,1-6H3,(H,17,18);8-10H,1-7H3;7-10H,1-6H3;1-6H3. The molecule has 0 spiro atoms. The van der Waals surface area contributed by atoms with Gasteiger partial charge in [0, 0.05) is 44.1 Å². The predicted octanol–water partition coefficient (Wildman–Crippen LogP) is 25.6. The largest absolute Gasteiger partial charge is 0.482 e. The van der Waals surface area contributed by atoms with E-state index in [9.17, 15) is 24.3 Å². The summed E-state index contributed by atoms with van der Waals surface area (Å²) in [7, 11) is 0. The topological polar surface area (TPSA) is 118 Å². The molecule has 7 nitrogen and oxygen atoms in total. The molecule has 0 fully saturated rings. The molecule has 0 unspecified atom stereocenters. The van der Waals surface area contributed by atoms with Crippen LogP contribution in [0.3, 0.4) is 0 Å². The zero-order valence-electron chi connectivity index (χ0n) is 72.2. The van der Waals surface area contributed by atoms with E-state index in [2.05, 4.69) is 319 Å². The third-order valence-electron chi connectivity index (χ3n) is 16.4. The van der Waals surface area contributed by atoms with Gasteiger partial charge in [-0.1, -0.05) is 277 Å². The van der Waals surface area contributed by atoms with Gasteiger partial charge < -0.3 is 14.9 Å². The maximum Gasteiger partial charge on any atom is 0.341 e. The second kappa shape index (κ2) is 36.4. The molecule has 2 N–H and O–H groups in total. The second-order valence-electron chi connectivity index (χ2n) is 40.1. The number of aliphatic carboxylic acids is 1. The predicted molar refractivity (Wildman–Crippen MR) is 446 cm³/mol. The molecule has 6 aromatic rings. The first-order chi connectivity index (χ1) is 46.4. The van der Waals surface area contributed by atoms with Crippen molar-refractivity contribution < 1.29 is 34.1 Å². The van der Waals surface area contributed by atoms with Crippen molar-refractivity contribution in [3.63, 3.8) is 0 Å². The van der Waals surface area contributed by atoms with Gasteiger partial charge in [0.2, 0.25) is 0 Å². The molecule has 0 bridgehead atoms. The van der Waals surface area contributed by atoms with Gasteiger partial charge >= 0.3 is 11.9 Å². The van der Waals surface area contributed by atoms with Crippen molar-refractivity contribution in [1.29, 1.82) is 0 Å². The Kier molecular flexibility index (Phi) is 32.9. The minimum atomic E-state index is -0.960. The highest BCUT2D eigenvalue weighted by molar-refractivity contribution is 5.95. The van der Waals surface area contributed by atoms with Gasteiger partial charge in [0.1, 0.15) is 5.75 Å². The third-order valence-corrected chi connectivity index (χ3v) is 16.4. The molecule has 0 aliphatic rings. The summed E-state index contributed by atoms with van der Waals surface area (Å²) in [4.78, 5) is 45.4. The van der Waals surface area contributed by atoms with Gasteiger partial charge in [0.05, 0.1) is 5.56 Å². The molecule has 0 saturated carbocycles. The van der Waals surface area contributed by atoms with Crippen molar-refractivity contribution in [1.82, 2.24) is 0 Å². The van der Waals surface area contributed by atoms with E-state index in [1.54, 1.807) is 19.9 Å². The van der Waals surface area contributed by atoms with E-state index in [1.807, 2.05) is 81.4 Å². The van der Waals surface area contributed by atoms with E-state index in [-0.39, 0.29) is 83.2 Å². The molecule has 0 radical (unpaired) electrons. The molecule has 0 saturated heterocycles. The van der Waals surface area contributed by atoms with Gasteiger partial charge in [-0.3, -0.25) is 9.59 Å². The maximum absolute atomic E-state index is 11.6. The van der Waals surface area contributed by atoms with Crippen molar-refractivity contribution in [3.8, 4) is 41.3 Å². The van der Waals surface area contributed by atoms with Crippen LogP contribution in [-0.2, 0) is 53.5 Å². The Labute approximate surface area is 634 Å². The fourth-order valence-electron chi connectivity index (χ4n) is 9.48. The molecule has 104 heavy (non-hydrogen) atoms. The number of carboxylic acid groups (broad SMARTS) is 2. The Balaban J connectivity index is 0.000000636. The number of benzene rings is 6. The zero-order valence-corrected chi connectivity index (χ0v) is 72.2. The lowest BCUT2D eigenvalue weighted by Gasteiger charge is -2.26. The number of Topliss-reactive ketones (excluding diaryl/α,β-unsaturated/α-hetero) is 2. The van der Waals surface area contributed by atoms with Crippen LogP contribution in [0.25, 0.3) is 0 Å². The Bertz CT molecular complexity index is 3920. The van der Waals surface area contributed by atoms with Crippen LogP contribution in [0.4, 0.5) is 0 Å². The highest BCUT2D eigenvalue weighted by atomic mass is 16.5. The number of hydrogen-bond acceptors (Lipinski definition) is 5. The fraction of sp³-hybridized carbons (Fsp3) is 0.526. The van der Waals surface area contributed by atoms with Crippen LogP contribution in [0, 0.1) is 51.8 Å². The first-order valence-corrected chi connectivity index (χ1v) is 36.9. The highest BCUT2D eigenvalue weighted by Crippen LogP contribution is 2.35. The Hall–Kier alpha value is -7.92. The number of aromatic carboxylic acids is 1. The quantitative estimate of drug-likeness (QED) is 0.126. The number of ether oxygens (including phenoxy) is 1. The van der Waals surface area contributed by atoms with Gasteiger partial charge in [-0.05, 0) is 242 Å². The van der Waals surface area contributed by atoms with E-state index in [4.69, 9.17) is 9.84 Å². The number of carboxylic acids is 2. The summed E-state index contributed by atoms with van der Waals surface area (Å²) in [6.07, 6.45) is 0. The number of rotatable bonds is 6. The van der Waals surface area contributed by atoms with E-state index in [1.165, 1.54) is 27.8 Å². The Morgan fingerprint density at radius 1 is 0.298 bits per heavy atom. The van der Waals surface area contributed by atoms with Gasteiger partial charge in [0.15, 0.2) is 18.2 Å².